The molecule has 0 saturated carbocycles. The molecular formula is C24H22ClNO6. The minimum atomic E-state index is -0.783. The third kappa shape index (κ3) is 5.30. The maximum Gasteiger partial charge on any atom is 0.342 e. The van der Waals surface area contributed by atoms with Gasteiger partial charge in [0.2, 0.25) is 0 Å². The van der Waals surface area contributed by atoms with Gasteiger partial charge >= 0.3 is 5.97 Å². The molecule has 2 aromatic rings. The highest BCUT2D eigenvalue weighted by Crippen LogP contribution is 2.22. The molecule has 0 N–H and O–H groups in total. The Morgan fingerprint density at radius 1 is 1.00 bits per heavy atom. The highest BCUT2D eigenvalue weighted by Gasteiger charge is 2.34. The van der Waals surface area contributed by atoms with E-state index in [0.717, 1.165) is 4.90 Å². The molecule has 8 heteroatoms. The van der Waals surface area contributed by atoms with Crippen LogP contribution in [0.4, 0.5) is 0 Å². The summed E-state index contributed by atoms with van der Waals surface area (Å²) in [5.74, 6) is -2.19. The molecule has 0 bridgehead atoms. The SMILES string of the molecule is CC(C)OC(=O)/C(=C\c1ccccc1Cl)C(=O)COCCN1C(=O)c2ccccc2C1=O. The van der Waals surface area contributed by atoms with Crippen LogP contribution in [0.3, 0.4) is 0 Å². The van der Waals surface area contributed by atoms with Crippen molar-refractivity contribution in [3.63, 3.8) is 0 Å². The summed E-state index contributed by atoms with van der Waals surface area (Å²) in [6.45, 7) is 2.85. The molecule has 0 aromatic heterocycles. The molecule has 0 saturated heterocycles. The van der Waals surface area contributed by atoms with Crippen LogP contribution < -0.4 is 0 Å². The second kappa shape index (κ2) is 10.3. The highest BCUT2D eigenvalue weighted by molar-refractivity contribution is 6.32. The summed E-state index contributed by atoms with van der Waals surface area (Å²) in [5, 5.41) is 0.377. The van der Waals surface area contributed by atoms with Gasteiger partial charge in [-0.3, -0.25) is 19.3 Å². The topological polar surface area (TPSA) is 90.0 Å². The number of esters is 1. The fourth-order valence-corrected chi connectivity index (χ4v) is 3.31. The number of benzene rings is 2. The molecule has 3 rings (SSSR count). The Morgan fingerprint density at radius 2 is 1.59 bits per heavy atom. The van der Waals surface area contributed by atoms with Crippen molar-refractivity contribution >= 4 is 41.2 Å². The lowest BCUT2D eigenvalue weighted by atomic mass is 10.1. The van der Waals surface area contributed by atoms with Gasteiger partial charge in [0.25, 0.3) is 11.8 Å². The summed E-state index contributed by atoms with van der Waals surface area (Å²) < 4.78 is 10.6. The average molecular weight is 456 g/mol. The van der Waals surface area contributed by atoms with Crippen LogP contribution >= 0.6 is 11.6 Å². The van der Waals surface area contributed by atoms with E-state index in [1.165, 1.54) is 6.08 Å². The van der Waals surface area contributed by atoms with Crippen molar-refractivity contribution in [1.29, 1.82) is 0 Å². The number of amides is 2. The van der Waals surface area contributed by atoms with Crippen LogP contribution in [0.5, 0.6) is 0 Å². The van der Waals surface area contributed by atoms with E-state index < -0.39 is 36.3 Å². The summed E-state index contributed by atoms with van der Waals surface area (Å²) in [7, 11) is 0. The maximum atomic E-state index is 12.7. The number of Topliss-reactive ketones (excluding diaryl/α,β-unsaturated/α-hetero) is 1. The molecule has 7 nitrogen and oxygen atoms in total. The third-order valence-electron chi connectivity index (χ3n) is 4.64. The van der Waals surface area contributed by atoms with Crippen molar-refractivity contribution < 1.29 is 28.7 Å². The quantitative estimate of drug-likeness (QED) is 0.143. The minimum absolute atomic E-state index is 0.0143. The van der Waals surface area contributed by atoms with E-state index >= 15 is 0 Å². The first-order valence-electron chi connectivity index (χ1n) is 10.0. The van der Waals surface area contributed by atoms with Gasteiger partial charge in [-0.05, 0) is 43.7 Å². The van der Waals surface area contributed by atoms with E-state index in [0.29, 0.717) is 21.7 Å². The fraction of sp³-hybridized carbons (Fsp3) is 0.250. The Balaban J connectivity index is 1.63. The van der Waals surface area contributed by atoms with E-state index in [9.17, 15) is 19.2 Å². The van der Waals surface area contributed by atoms with E-state index in [-0.39, 0.29) is 18.7 Å². The highest BCUT2D eigenvalue weighted by atomic mass is 35.5. The monoisotopic (exact) mass is 455 g/mol. The largest absolute Gasteiger partial charge is 0.459 e. The van der Waals surface area contributed by atoms with Gasteiger partial charge in [-0.25, -0.2) is 4.79 Å². The number of halogens is 1. The Labute approximate surface area is 190 Å². The average Bonchev–Trinajstić information content (AvgIpc) is 3.00. The van der Waals surface area contributed by atoms with Crippen LogP contribution in [-0.2, 0) is 19.1 Å². The maximum absolute atomic E-state index is 12.7. The van der Waals surface area contributed by atoms with E-state index in [1.54, 1.807) is 62.4 Å². The Morgan fingerprint density at radius 3 is 2.19 bits per heavy atom. The lowest BCUT2D eigenvalue weighted by Crippen LogP contribution is -2.33. The summed E-state index contributed by atoms with van der Waals surface area (Å²) in [6.07, 6.45) is 0.947. The second-order valence-electron chi connectivity index (χ2n) is 7.32. The molecule has 0 radical (unpaired) electrons. The van der Waals surface area contributed by atoms with Gasteiger partial charge < -0.3 is 9.47 Å². The summed E-state index contributed by atoms with van der Waals surface area (Å²) in [6, 6.07) is 13.3. The number of nitrogens with zero attached hydrogens (tertiary/aromatic N) is 1. The van der Waals surface area contributed by atoms with Crippen LogP contribution in [0.25, 0.3) is 6.08 Å². The Bertz CT molecular complexity index is 1060. The van der Waals surface area contributed by atoms with Crippen LogP contribution in [0.1, 0.15) is 40.1 Å². The van der Waals surface area contributed by atoms with Crippen molar-refractivity contribution in [2.75, 3.05) is 19.8 Å². The molecule has 0 unspecified atom stereocenters. The van der Waals surface area contributed by atoms with Crippen molar-refractivity contribution in [3.8, 4) is 0 Å². The lowest BCUT2D eigenvalue weighted by molar-refractivity contribution is -0.144. The zero-order valence-electron chi connectivity index (χ0n) is 17.7. The van der Waals surface area contributed by atoms with Gasteiger partial charge in [-0.2, -0.15) is 0 Å². The lowest BCUT2D eigenvalue weighted by Gasteiger charge is -2.14. The number of carbonyl (C=O) groups excluding carboxylic acids is 4. The summed E-state index contributed by atoms with van der Waals surface area (Å²) >= 11 is 6.14. The van der Waals surface area contributed by atoms with Crippen LogP contribution in [0.15, 0.2) is 54.1 Å². The number of hydrogen-bond acceptors (Lipinski definition) is 6. The zero-order valence-corrected chi connectivity index (χ0v) is 18.4. The number of ketones is 1. The molecule has 0 spiro atoms. The van der Waals surface area contributed by atoms with Crippen LogP contribution in [-0.4, -0.2) is 54.3 Å². The molecule has 32 heavy (non-hydrogen) atoms. The van der Waals surface area contributed by atoms with E-state index in [4.69, 9.17) is 21.1 Å². The molecule has 2 aromatic carbocycles. The molecule has 0 fully saturated rings. The Hall–Kier alpha value is -3.29. The number of ether oxygens (including phenoxy) is 2. The number of imide groups is 1. The number of rotatable bonds is 9. The number of fused-ring (bicyclic) bond motifs is 1. The molecule has 1 aliphatic heterocycles. The summed E-state index contributed by atoms with van der Waals surface area (Å²) in [4.78, 5) is 51.0. The molecule has 0 aliphatic carbocycles. The smallest absolute Gasteiger partial charge is 0.342 e. The summed E-state index contributed by atoms with van der Waals surface area (Å²) in [5.41, 5.74) is 0.974. The first kappa shape index (κ1) is 23.4. The normalized spacial score (nSPS) is 13.5. The minimum Gasteiger partial charge on any atom is -0.459 e. The number of carbonyl (C=O) groups is 4. The zero-order chi connectivity index (χ0) is 23.3. The predicted octanol–water partition coefficient (Wildman–Crippen LogP) is 3.56. The van der Waals surface area contributed by atoms with Crippen LogP contribution in [0.2, 0.25) is 5.02 Å². The first-order valence-corrected chi connectivity index (χ1v) is 10.4. The standard InChI is InChI=1S/C24H22ClNO6/c1-15(2)32-24(30)19(13-16-7-3-6-10-20(16)25)21(27)14-31-12-11-26-22(28)17-8-4-5-9-18(17)23(26)29/h3-10,13,15H,11-12,14H2,1-2H3/b19-13-. The second-order valence-corrected chi connectivity index (χ2v) is 7.72. The van der Waals surface area contributed by atoms with Crippen molar-refractivity contribution in [3.05, 3.63) is 75.8 Å². The molecule has 1 heterocycles. The third-order valence-corrected chi connectivity index (χ3v) is 4.98. The van der Waals surface area contributed by atoms with Crippen LogP contribution in [0, 0.1) is 0 Å². The van der Waals surface area contributed by atoms with Gasteiger partial charge in [-0.1, -0.05) is 41.9 Å². The molecule has 2 amide bonds. The van der Waals surface area contributed by atoms with Gasteiger partial charge in [-0.15, -0.1) is 0 Å². The van der Waals surface area contributed by atoms with Gasteiger partial charge in [0, 0.05) is 5.02 Å². The van der Waals surface area contributed by atoms with Gasteiger partial charge in [0.1, 0.15) is 12.2 Å². The van der Waals surface area contributed by atoms with Gasteiger partial charge in [0.05, 0.1) is 30.4 Å². The number of hydrogen-bond donors (Lipinski definition) is 0. The molecular weight excluding hydrogens is 434 g/mol. The first-order chi connectivity index (χ1) is 15.3. The van der Waals surface area contributed by atoms with E-state index in [1.807, 2.05) is 0 Å². The van der Waals surface area contributed by atoms with E-state index in [2.05, 4.69) is 0 Å². The van der Waals surface area contributed by atoms with Crippen molar-refractivity contribution in [1.82, 2.24) is 4.90 Å². The molecule has 1 aliphatic rings. The molecule has 0 atom stereocenters. The van der Waals surface area contributed by atoms with Crippen molar-refractivity contribution in [2.24, 2.45) is 0 Å². The predicted molar refractivity (Wildman–Crippen MR) is 118 cm³/mol. The van der Waals surface area contributed by atoms with Crippen molar-refractivity contribution in [2.45, 2.75) is 20.0 Å². The van der Waals surface area contributed by atoms with Gasteiger partial charge in [0.15, 0.2) is 5.78 Å². The molecule has 166 valence electrons. The Kier molecular flexibility index (Phi) is 7.56. The fourth-order valence-electron chi connectivity index (χ4n) is 3.12.